The van der Waals surface area contributed by atoms with Crippen molar-refractivity contribution in [3.63, 3.8) is 0 Å². The number of rotatable bonds is 5. The minimum Gasteiger partial charge on any atom is -0.492 e. The van der Waals surface area contributed by atoms with Crippen LogP contribution in [0.3, 0.4) is 0 Å². The van der Waals surface area contributed by atoms with Crippen LogP contribution >= 0.6 is 15.9 Å². The standard InChI is InChI=1S/C18H25BrN2O2/c1-20-10-8-14-9-11-21(16(14)13-20)18(22)7-4-12-23-17-6-3-2-5-15(17)19/h2-3,5-6,14,16H,4,7-13H2,1H3. The maximum atomic E-state index is 12.5. The number of hydrogen-bond donors (Lipinski definition) is 0. The highest BCUT2D eigenvalue weighted by atomic mass is 79.9. The molecule has 2 unspecified atom stereocenters. The zero-order valence-electron chi connectivity index (χ0n) is 13.7. The van der Waals surface area contributed by atoms with Gasteiger partial charge < -0.3 is 14.5 Å². The van der Waals surface area contributed by atoms with Crippen molar-refractivity contribution in [2.24, 2.45) is 5.92 Å². The highest BCUT2D eigenvalue weighted by Crippen LogP contribution is 2.31. The van der Waals surface area contributed by atoms with Gasteiger partial charge in [0.2, 0.25) is 5.91 Å². The summed E-state index contributed by atoms with van der Waals surface area (Å²) in [6.07, 6.45) is 3.76. The first-order valence-corrected chi connectivity index (χ1v) is 9.30. The van der Waals surface area contributed by atoms with Gasteiger partial charge in [0.15, 0.2) is 0 Å². The predicted molar refractivity (Wildman–Crippen MR) is 94.6 cm³/mol. The van der Waals surface area contributed by atoms with E-state index in [0.717, 1.165) is 29.7 Å². The molecule has 1 aromatic carbocycles. The summed E-state index contributed by atoms with van der Waals surface area (Å²) in [5.41, 5.74) is 0. The summed E-state index contributed by atoms with van der Waals surface area (Å²) in [6.45, 7) is 3.72. The van der Waals surface area contributed by atoms with Crippen LogP contribution in [0, 0.1) is 5.92 Å². The Labute approximate surface area is 146 Å². The Balaban J connectivity index is 1.44. The van der Waals surface area contributed by atoms with Crippen molar-refractivity contribution in [2.75, 3.05) is 33.3 Å². The van der Waals surface area contributed by atoms with E-state index in [4.69, 9.17) is 4.74 Å². The Kier molecular flexibility index (Phi) is 5.59. The molecule has 1 aromatic rings. The quantitative estimate of drug-likeness (QED) is 0.735. The minimum absolute atomic E-state index is 0.295. The molecule has 0 N–H and O–H groups in total. The molecule has 0 saturated carbocycles. The molecular weight excluding hydrogens is 356 g/mol. The summed E-state index contributed by atoms with van der Waals surface area (Å²) in [5, 5.41) is 0. The molecule has 0 aromatic heterocycles. The molecule has 2 atom stereocenters. The lowest BCUT2D eigenvalue weighted by atomic mass is 9.92. The van der Waals surface area contributed by atoms with Crippen LogP contribution in [-0.2, 0) is 4.79 Å². The van der Waals surface area contributed by atoms with Gasteiger partial charge in [0, 0.05) is 25.6 Å². The van der Waals surface area contributed by atoms with Crippen molar-refractivity contribution in [3.8, 4) is 5.75 Å². The largest absolute Gasteiger partial charge is 0.492 e. The van der Waals surface area contributed by atoms with Gasteiger partial charge in [-0.25, -0.2) is 0 Å². The lowest BCUT2D eigenvalue weighted by molar-refractivity contribution is -0.133. The lowest BCUT2D eigenvalue weighted by Crippen LogP contribution is -2.48. The minimum atomic E-state index is 0.295. The number of hydrogen-bond acceptors (Lipinski definition) is 3. The second-order valence-corrected chi connectivity index (χ2v) is 7.49. The van der Waals surface area contributed by atoms with Crippen molar-refractivity contribution in [3.05, 3.63) is 28.7 Å². The Morgan fingerprint density at radius 2 is 2.09 bits per heavy atom. The van der Waals surface area contributed by atoms with Gasteiger partial charge in [-0.2, -0.15) is 0 Å². The summed E-state index contributed by atoms with van der Waals surface area (Å²) < 4.78 is 6.71. The first-order chi connectivity index (χ1) is 11.1. The number of nitrogens with zero attached hydrogens (tertiary/aromatic N) is 2. The molecule has 2 saturated heterocycles. The number of fused-ring (bicyclic) bond motifs is 1. The number of piperidine rings is 1. The predicted octanol–water partition coefficient (Wildman–Crippen LogP) is 3.16. The topological polar surface area (TPSA) is 32.8 Å². The molecule has 23 heavy (non-hydrogen) atoms. The van der Waals surface area contributed by atoms with Crippen molar-refractivity contribution in [1.29, 1.82) is 0 Å². The van der Waals surface area contributed by atoms with Crippen molar-refractivity contribution < 1.29 is 9.53 Å². The fraction of sp³-hybridized carbons (Fsp3) is 0.611. The molecular formula is C18H25BrN2O2. The van der Waals surface area contributed by atoms with E-state index in [-0.39, 0.29) is 0 Å². The van der Waals surface area contributed by atoms with E-state index >= 15 is 0 Å². The Bertz CT molecular complexity index is 552. The molecule has 3 rings (SSSR count). The summed E-state index contributed by atoms with van der Waals surface area (Å²) in [4.78, 5) is 17.0. The molecule has 0 bridgehead atoms. The van der Waals surface area contributed by atoms with E-state index in [1.54, 1.807) is 0 Å². The fourth-order valence-electron chi connectivity index (χ4n) is 3.72. The molecule has 0 radical (unpaired) electrons. The van der Waals surface area contributed by atoms with E-state index in [9.17, 15) is 4.79 Å². The highest BCUT2D eigenvalue weighted by Gasteiger charge is 2.39. The van der Waals surface area contributed by atoms with Gasteiger partial charge in [-0.05, 0) is 66.8 Å². The first-order valence-electron chi connectivity index (χ1n) is 8.50. The van der Waals surface area contributed by atoms with Crippen molar-refractivity contribution >= 4 is 21.8 Å². The number of amides is 1. The van der Waals surface area contributed by atoms with Gasteiger partial charge in [0.05, 0.1) is 11.1 Å². The SMILES string of the molecule is CN1CCC2CCN(C(=O)CCCOc3ccccc3Br)C2C1. The average molecular weight is 381 g/mol. The molecule has 5 heteroatoms. The third-order valence-corrected chi connectivity index (χ3v) is 5.67. The first kappa shape index (κ1) is 16.8. The maximum Gasteiger partial charge on any atom is 0.222 e. The molecule has 0 aliphatic carbocycles. The average Bonchev–Trinajstić information content (AvgIpc) is 2.96. The van der Waals surface area contributed by atoms with Crippen LogP contribution < -0.4 is 4.74 Å². The highest BCUT2D eigenvalue weighted by molar-refractivity contribution is 9.10. The number of carbonyl (C=O) groups excluding carboxylic acids is 1. The van der Waals surface area contributed by atoms with Gasteiger partial charge in [0.1, 0.15) is 5.75 Å². The fourth-order valence-corrected chi connectivity index (χ4v) is 4.12. The van der Waals surface area contributed by atoms with Gasteiger partial charge in [-0.3, -0.25) is 4.79 Å². The number of halogens is 1. The second-order valence-electron chi connectivity index (χ2n) is 6.64. The Morgan fingerprint density at radius 3 is 2.91 bits per heavy atom. The van der Waals surface area contributed by atoms with E-state index in [1.165, 1.54) is 19.4 Å². The van der Waals surface area contributed by atoms with Gasteiger partial charge in [-0.1, -0.05) is 12.1 Å². The Morgan fingerprint density at radius 1 is 1.30 bits per heavy atom. The van der Waals surface area contributed by atoms with E-state index in [0.29, 0.717) is 30.9 Å². The monoisotopic (exact) mass is 380 g/mol. The van der Waals surface area contributed by atoms with Crippen LogP contribution in [0.15, 0.2) is 28.7 Å². The van der Waals surface area contributed by atoms with Crippen LogP contribution in [-0.4, -0.2) is 55.0 Å². The number of ether oxygens (including phenoxy) is 1. The number of likely N-dealkylation sites (N-methyl/N-ethyl adjacent to an activating group) is 1. The molecule has 0 spiro atoms. The van der Waals surface area contributed by atoms with Gasteiger partial charge in [0.25, 0.3) is 0 Å². The second kappa shape index (κ2) is 7.67. The van der Waals surface area contributed by atoms with Crippen LogP contribution in [0.25, 0.3) is 0 Å². The van der Waals surface area contributed by atoms with Crippen molar-refractivity contribution in [2.45, 2.75) is 31.7 Å². The zero-order chi connectivity index (χ0) is 16.2. The Hall–Kier alpha value is -1.07. The lowest BCUT2D eigenvalue weighted by Gasteiger charge is -2.36. The number of carbonyl (C=O) groups is 1. The molecule has 126 valence electrons. The third kappa shape index (κ3) is 4.07. The third-order valence-electron chi connectivity index (χ3n) is 5.02. The van der Waals surface area contributed by atoms with Crippen LogP contribution in [0.2, 0.25) is 0 Å². The van der Waals surface area contributed by atoms with Crippen LogP contribution in [0.1, 0.15) is 25.7 Å². The normalized spacial score (nSPS) is 24.5. The van der Waals surface area contributed by atoms with Crippen LogP contribution in [0.5, 0.6) is 5.75 Å². The smallest absolute Gasteiger partial charge is 0.222 e. The maximum absolute atomic E-state index is 12.5. The summed E-state index contributed by atoms with van der Waals surface area (Å²) in [6, 6.07) is 8.25. The molecule has 4 nitrogen and oxygen atoms in total. The molecule has 1 amide bonds. The van der Waals surface area contributed by atoms with Crippen LogP contribution in [0.4, 0.5) is 0 Å². The zero-order valence-corrected chi connectivity index (χ0v) is 15.3. The van der Waals surface area contributed by atoms with Gasteiger partial charge in [-0.15, -0.1) is 0 Å². The summed E-state index contributed by atoms with van der Waals surface area (Å²) in [5.74, 6) is 1.85. The van der Waals surface area contributed by atoms with E-state index in [1.807, 2.05) is 24.3 Å². The van der Waals surface area contributed by atoms with E-state index in [2.05, 4.69) is 32.8 Å². The summed E-state index contributed by atoms with van der Waals surface area (Å²) in [7, 11) is 2.16. The molecule has 2 aliphatic heterocycles. The summed E-state index contributed by atoms with van der Waals surface area (Å²) >= 11 is 3.47. The molecule has 2 heterocycles. The number of likely N-dealkylation sites (tertiary alicyclic amines) is 2. The van der Waals surface area contributed by atoms with E-state index < -0.39 is 0 Å². The van der Waals surface area contributed by atoms with Gasteiger partial charge >= 0.3 is 0 Å². The molecule has 2 fully saturated rings. The van der Waals surface area contributed by atoms with Crippen molar-refractivity contribution in [1.82, 2.24) is 9.80 Å². The number of benzene rings is 1. The molecule has 2 aliphatic rings. The number of para-hydroxylation sites is 1.